The van der Waals surface area contributed by atoms with Crippen LogP contribution in [0.1, 0.15) is 0 Å². The van der Waals surface area contributed by atoms with Gasteiger partial charge < -0.3 is 0 Å². The van der Waals surface area contributed by atoms with Crippen molar-refractivity contribution in [2.75, 3.05) is 0 Å². The van der Waals surface area contributed by atoms with E-state index >= 15 is 0 Å². The summed E-state index contributed by atoms with van der Waals surface area (Å²) in [5.41, 5.74) is 4.32. The lowest BCUT2D eigenvalue weighted by Crippen LogP contribution is -1.89. The zero-order valence-corrected chi connectivity index (χ0v) is 18.5. The van der Waals surface area contributed by atoms with Gasteiger partial charge in [-0.2, -0.15) is 0 Å². The van der Waals surface area contributed by atoms with Crippen LogP contribution >= 0.6 is 11.3 Å². The second-order valence-corrected chi connectivity index (χ2v) is 9.34. The fourth-order valence-electron chi connectivity index (χ4n) is 4.79. The summed E-state index contributed by atoms with van der Waals surface area (Å²) in [4.78, 5) is 10.6. The molecule has 0 spiro atoms. The van der Waals surface area contributed by atoms with Crippen molar-refractivity contribution in [3.8, 4) is 21.7 Å². The predicted molar refractivity (Wildman–Crippen MR) is 141 cm³/mol. The van der Waals surface area contributed by atoms with Crippen LogP contribution in [0.2, 0.25) is 0 Å². The van der Waals surface area contributed by atoms with Crippen LogP contribution in [0.4, 0.5) is 0 Å². The van der Waals surface area contributed by atoms with Crippen LogP contribution in [0.15, 0.2) is 109 Å². The van der Waals surface area contributed by atoms with E-state index in [0.29, 0.717) is 0 Å². The number of nitrogens with zero attached hydrogens (tertiary/aromatic N) is 2. The van der Waals surface area contributed by atoms with Gasteiger partial charge in [0.1, 0.15) is 0 Å². The summed E-state index contributed by atoms with van der Waals surface area (Å²) >= 11 is 1.82. The van der Waals surface area contributed by atoms with Gasteiger partial charge in [0.25, 0.3) is 0 Å². The fourth-order valence-corrected chi connectivity index (χ4v) is 5.98. The molecule has 0 radical (unpaired) electrons. The molecule has 0 saturated carbocycles. The molecule has 4 aromatic carbocycles. The molecule has 0 atom stereocenters. The van der Waals surface area contributed by atoms with E-state index < -0.39 is 0 Å². The number of benzene rings is 4. The molecule has 3 heterocycles. The molecule has 3 aromatic heterocycles. The van der Waals surface area contributed by atoms with Gasteiger partial charge in [0.2, 0.25) is 0 Å². The molecule has 33 heavy (non-hydrogen) atoms. The average Bonchev–Trinajstić information content (AvgIpc) is 3.32. The van der Waals surface area contributed by atoms with Crippen LogP contribution in [0.3, 0.4) is 0 Å². The van der Waals surface area contributed by atoms with Gasteiger partial charge in [-0.15, -0.1) is 11.3 Å². The van der Waals surface area contributed by atoms with Crippen molar-refractivity contribution < 1.29 is 0 Å². The summed E-state index contributed by atoms with van der Waals surface area (Å²) in [6, 6.07) is 34.5. The number of rotatable bonds is 2. The maximum atomic E-state index is 4.85. The SMILES string of the molecule is c1cnc(-c2cc3ccc4cc5ccccc5cc4c3s2)c(-c2cccc3ncccc23)c1. The lowest BCUT2D eigenvalue weighted by molar-refractivity contribution is 1.34. The molecule has 0 unspecified atom stereocenters. The summed E-state index contributed by atoms with van der Waals surface area (Å²) in [6.07, 6.45) is 3.73. The maximum Gasteiger partial charge on any atom is 0.0880 e. The first-order valence-electron chi connectivity index (χ1n) is 11.0. The van der Waals surface area contributed by atoms with E-state index in [-0.39, 0.29) is 0 Å². The Balaban J connectivity index is 1.48. The van der Waals surface area contributed by atoms with Crippen LogP contribution < -0.4 is 0 Å². The predicted octanol–water partition coefficient (Wildman–Crippen LogP) is 8.48. The highest BCUT2D eigenvalue weighted by atomic mass is 32.1. The van der Waals surface area contributed by atoms with E-state index in [2.05, 4.69) is 89.9 Å². The summed E-state index contributed by atoms with van der Waals surface area (Å²) < 4.78 is 1.31. The molecule has 7 rings (SSSR count). The van der Waals surface area contributed by atoms with Gasteiger partial charge in [-0.1, -0.05) is 60.7 Å². The van der Waals surface area contributed by atoms with Gasteiger partial charge in [-0.05, 0) is 63.5 Å². The highest BCUT2D eigenvalue weighted by Crippen LogP contribution is 2.42. The van der Waals surface area contributed by atoms with Gasteiger partial charge in [-0.3, -0.25) is 9.97 Å². The Morgan fingerprint density at radius 1 is 0.515 bits per heavy atom. The second-order valence-electron chi connectivity index (χ2n) is 8.29. The largest absolute Gasteiger partial charge is 0.256 e. The normalized spacial score (nSPS) is 11.6. The molecule has 0 amide bonds. The number of pyridine rings is 2. The van der Waals surface area contributed by atoms with Crippen LogP contribution in [-0.2, 0) is 0 Å². The van der Waals surface area contributed by atoms with Crippen LogP contribution in [-0.4, -0.2) is 9.97 Å². The number of fused-ring (bicyclic) bond motifs is 5. The molecule has 0 aliphatic carbocycles. The smallest absolute Gasteiger partial charge is 0.0880 e. The summed E-state index contributed by atoms with van der Waals surface area (Å²) in [7, 11) is 0. The van der Waals surface area contributed by atoms with Gasteiger partial charge in [0.15, 0.2) is 0 Å². The molecule has 7 aromatic rings. The fraction of sp³-hybridized carbons (Fsp3) is 0. The van der Waals surface area contributed by atoms with E-state index in [9.17, 15) is 0 Å². The first-order chi connectivity index (χ1) is 16.3. The Bertz CT molecular complexity index is 1830. The maximum absolute atomic E-state index is 4.85. The average molecular weight is 439 g/mol. The van der Waals surface area contributed by atoms with Gasteiger partial charge in [-0.25, -0.2) is 0 Å². The van der Waals surface area contributed by atoms with Crippen molar-refractivity contribution in [1.29, 1.82) is 0 Å². The van der Waals surface area contributed by atoms with Gasteiger partial charge in [0.05, 0.1) is 16.1 Å². The number of thiophene rings is 1. The van der Waals surface area contributed by atoms with E-state index in [1.54, 1.807) is 0 Å². The number of hydrogen-bond acceptors (Lipinski definition) is 3. The molecule has 0 bridgehead atoms. The monoisotopic (exact) mass is 438 g/mol. The van der Waals surface area contributed by atoms with Crippen LogP contribution in [0.25, 0.3) is 64.2 Å². The molecule has 0 saturated heterocycles. The summed E-state index contributed by atoms with van der Waals surface area (Å²) in [6.45, 7) is 0. The van der Waals surface area contributed by atoms with Crippen molar-refractivity contribution in [2.45, 2.75) is 0 Å². The Labute approximate surface area is 194 Å². The minimum atomic E-state index is 0.999. The van der Waals surface area contributed by atoms with E-state index in [1.807, 2.05) is 35.9 Å². The molecule has 154 valence electrons. The molecule has 0 aliphatic rings. The summed E-state index contributed by atoms with van der Waals surface area (Å²) in [5.74, 6) is 0. The molecule has 3 heteroatoms. The second kappa shape index (κ2) is 7.22. The molecule has 0 aliphatic heterocycles. The first kappa shape index (κ1) is 18.5. The molecule has 2 nitrogen and oxygen atoms in total. The van der Waals surface area contributed by atoms with E-state index in [4.69, 9.17) is 4.98 Å². The Morgan fingerprint density at radius 3 is 2.24 bits per heavy atom. The minimum Gasteiger partial charge on any atom is -0.256 e. The van der Waals surface area contributed by atoms with E-state index in [0.717, 1.165) is 27.7 Å². The van der Waals surface area contributed by atoms with Crippen molar-refractivity contribution in [1.82, 2.24) is 9.97 Å². The van der Waals surface area contributed by atoms with E-state index in [1.165, 1.54) is 36.5 Å². The number of aromatic nitrogens is 2. The Morgan fingerprint density at radius 2 is 1.30 bits per heavy atom. The topological polar surface area (TPSA) is 25.8 Å². The van der Waals surface area contributed by atoms with Crippen molar-refractivity contribution in [2.24, 2.45) is 0 Å². The van der Waals surface area contributed by atoms with Crippen molar-refractivity contribution in [3.05, 3.63) is 109 Å². The van der Waals surface area contributed by atoms with Crippen LogP contribution in [0, 0.1) is 0 Å². The van der Waals surface area contributed by atoms with Gasteiger partial charge in [0, 0.05) is 33.4 Å². The highest BCUT2D eigenvalue weighted by molar-refractivity contribution is 7.23. The molecular weight excluding hydrogens is 420 g/mol. The zero-order chi connectivity index (χ0) is 21.8. The Kier molecular flexibility index (Phi) is 4.05. The highest BCUT2D eigenvalue weighted by Gasteiger charge is 2.15. The number of hydrogen-bond donors (Lipinski definition) is 0. The lowest BCUT2D eigenvalue weighted by Gasteiger charge is -2.10. The van der Waals surface area contributed by atoms with Crippen molar-refractivity contribution in [3.63, 3.8) is 0 Å². The quantitative estimate of drug-likeness (QED) is 0.253. The third-order valence-electron chi connectivity index (χ3n) is 6.34. The third kappa shape index (κ3) is 2.94. The summed E-state index contributed by atoms with van der Waals surface area (Å²) in [5, 5.41) is 7.53. The lowest BCUT2D eigenvalue weighted by atomic mass is 9.98. The molecule has 0 N–H and O–H groups in total. The zero-order valence-electron chi connectivity index (χ0n) is 17.7. The van der Waals surface area contributed by atoms with Gasteiger partial charge >= 0.3 is 0 Å². The minimum absolute atomic E-state index is 0.999. The van der Waals surface area contributed by atoms with Crippen molar-refractivity contribution >= 4 is 53.9 Å². The van der Waals surface area contributed by atoms with Crippen LogP contribution in [0.5, 0.6) is 0 Å². The first-order valence-corrected chi connectivity index (χ1v) is 11.8. The molecule has 0 fully saturated rings. The molecular formula is C30H18N2S. The Hall–Kier alpha value is -4.08. The standard InChI is InChI=1S/C30H18N2S/c1-2-7-20-17-26-21(16-19(20)6-1)12-13-22-18-28(33-30(22)26)29-25(10-5-15-32-29)23-8-3-11-27-24(23)9-4-14-31-27/h1-18H. The third-order valence-corrected chi connectivity index (χ3v) is 7.53.